The fourth-order valence-electron chi connectivity index (χ4n) is 2.31. The van der Waals surface area contributed by atoms with Crippen molar-refractivity contribution in [1.29, 1.82) is 0 Å². The molecule has 1 aromatic rings. The van der Waals surface area contributed by atoms with Gasteiger partial charge in [-0.2, -0.15) is 4.31 Å². The first-order chi connectivity index (χ1) is 8.55. The predicted molar refractivity (Wildman–Crippen MR) is 70.2 cm³/mol. The fraction of sp³-hybridized carbons (Fsp3) is 0.538. The molecule has 18 heavy (non-hydrogen) atoms. The fourth-order valence-corrected chi connectivity index (χ4v) is 4.01. The van der Waals surface area contributed by atoms with Gasteiger partial charge < -0.3 is 4.74 Å². The van der Waals surface area contributed by atoms with Crippen molar-refractivity contribution >= 4 is 10.0 Å². The molecule has 1 heterocycles. The van der Waals surface area contributed by atoms with Crippen LogP contribution in [0.1, 0.15) is 26.2 Å². The minimum Gasteiger partial charge on any atom is -0.497 e. The van der Waals surface area contributed by atoms with Crippen molar-refractivity contribution in [2.24, 2.45) is 0 Å². The van der Waals surface area contributed by atoms with Gasteiger partial charge in [0.05, 0.1) is 12.0 Å². The van der Waals surface area contributed by atoms with Crippen molar-refractivity contribution in [3.63, 3.8) is 0 Å². The number of rotatable bonds is 3. The zero-order valence-electron chi connectivity index (χ0n) is 10.8. The first-order valence-corrected chi connectivity index (χ1v) is 7.65. The molecular formula is C13H19NO3S. The zero-order valence-corrected chi connectivity index (χ0v) is 11.6. The summed E-state index contributed by atoms with van der Waals surface area (Å²) in [6, 6.07) is 6.67. The van der Waals surface area contributed by atoms with Gasteiger partial charge in [-0.25, -0.2) is 8.42 Å². The maximum atomic E-state index is 12.5. The largest absolute Gasteiger partial charge is 0.497 e. The van der Waals surface area contributed by atoms with E-state index in [2.05, 4.69) is 0 Å². The van der Waals surface area contributed by atoms with Gasteiger partial charge in [-0.05, 0) is 44.0 Å². The molecule has 0 spiro atoms. The molecular weight excluding hydrogens is 250 g/mol. The van der Waals surface area contributed by atoms with Crippen LogP contribution in [0.4, 0.5) is 0 Å². The van der Waals surface area contributed by atoms with E-state index in [1.54, 1.807) is 35.7 Å². The van der Waals surface area contributed by atoms with E-state index in [9.17, 15) is 8.42 Å². The topological polar surface area (TPSA) is 46.6 Å². The van der Waals surface area contributed by atoms with Crippen LogP contribution >= 0.6 is 0 Å². The van der Waals surface area contributed by atoms with E-state index >= 15 is 0 Å². The molecule has 5 heteroatoms. The van der Waals surface area contributed by atoms with Gasteiger partial charge in [0.15, 0.2) is 0 Å². The van der Waals surface area contributed by atoms with E-state index < -0.39 is 10.0 Å². The monoisotopic (exact) mass is 269 g/mol. The summed E-state index contributed by atoms with van der Waals surface area (Å²) >= 11 is 0. The summed E-state index contributed by atoms with van der Waals surface area (Å²) in [5, 5.41) is 0. The lowest BCUT2D eigenvalue weighted by molar-refractivity contribution is 0.268. The van der Waals surface area contributed by atoms with Crippen molar-refractivity contribution in [1.82, 2.24) is 4.31 Å². The molecule has 1 saturated heterocycles. The molecule has 100 valence electrons. The molecule has 1 aromatic carbocycles. The van der Waals surface area contributed by atoms with E-state index in [1.807, 2.05) is 6.92 Å². The summed E-state index contributed by atoms with van der Waals surface area (Å²) in [4.78, 5) is 0.344. The smallest absolute Gasteiger partial charge is 0.243 e. The normalized spacial score (nSPS) is 21.8. The second-order valence-electron chi connectivity index (χ2n) is 4.64. The van der Waals surface area contributed by atoms with Crippen molar-refractivity contribution in [2.45, 2.75) is 37.1 Å². The Kier molecular flexibility index (Phi) is 3.92. The average molecular weight is 269 g/mol. The van der Waals surface area contributed by atoms with Gasteiger partial charge in [-0.3, -0.25) is 0 Å². The lowest BCUT2D eigenvalue weighted by atomic mass is 10.1. The van der Waals surface area contributed by atoms with E-state index in [0.29, 0.717) is 17.2 Å². The van der Waals surface area contributed by atoms with Gasteiger partial charge >= 0.3 is 0 Å². The average Bonchev–Trinajstić information content (AvgIpc) is 2.39. The van der Waals surface area contributed by atoms with Crippen molar-refractivity contribution in [3.8, 4) is 5.75 Å². The van der Waals surface area contributed by atoms with Crippen molar-refractivity contribution in [2.75, 3.05) is 13.7 Å². The number of piperidine rings is 1. The van der Waals surface area contributed by atoms with Gasteiger partial charge in [0.2, 0.25) is 10.0 Å². The standard InChI is InChI=1S/C13H19NO3S/c1-11-5-3-4-10-14(11)18(15,16)13-8-6-12(17-2)7-9-13/h6-9,11H,3-5,10H2,1-2H3/t11-/m0/s1. The Bertz CT molecular complexity index is 495. The van der Waals surface area contributed by atoms with Crippen LogP contribution in [0.5, 0.6) is 5.75 Å². The highest BCUT2D eigenvalue weighted by Gasteiger charge is 2.30. The summed E-state index contributed by atoms with van der Waals surface area (Å²) in [6.45, 7) is 2.59. The third-order valence-electron chi connectivity index (χ3n) is 3.41. The molecule has 0 saturated carbocycles. The van der Waals surface area contributed by atoms with Crippen LogP contribution in [-0.2, 0) is 10.0 Å². The summed E-state index contributed by atoms with van der Waals surface area (Å²) in [5.41, 5.74) is 0. The molecule has 2 rings (SSSR count). The number of benzene rings is 1. The Balaban J connectivity index is 2.28. The molecule has 0 aliphatic carbocycles. The van der Waals surface area contributed by atoms with Gasteiger partial charge in [-0.15, -0.1) is 0 Å². The van der Waals surface area contributed by atoms with Crippen LogP contribution in [0.15, 0.2) is 29.2 Å². The Labute approximate surface area is 109 Å². The Morgan fingerprint density at radius 3 is 2.44 bits per heavy atom. The summed E-state index contributed by atoms with van der Waals surface area (Å²) in [7, 11) is -1.79. The van der Waals surface area contributed by atoms with E-state index in [4.69, 9.17) is 4.74 Å². The molecule has 0 unspecified atom stereocenters. The number of hydrogen-bond acceptors (Lipinski definition) is 3. The lowest BCUT2D eigenvalue weighted by Gasteiger charge is -2.32. The number of nitrogens with zero attached hydrogens (tertiary/aromatic N) is 1. The van der Waals surface area contributed by atoms with Gasteiger partial charge in [0.1, 0.15) is 5.75 Å². The van der Waals surface area contributed by atoms with Crippen LogP contribution in [0.25, 0.3) is 0 Å². The third kappa shape index (κ3) is 2.52. The van der Waals surface area contributed by atoms with E-state index in [-0.39, 0.29) is 6.04 Å². The van der Waals surface area contributed by atoms with Gasteiger partial charge in [0, 0.05) is 12.6 Å². The Hall–Kier alpha value is -1.07. The summed E-state index contributed by atoms with van der Waals surface area (Å²) < 4.78 is 31.6. The molecule has 1 atom stereocenters. The van der Waals surface area contributed by atoms with Crippen LogP contribution in [0, 0.1) is 0 Å². The second kappa shape index (κ2) is 5.28. The first kappa shape index (κ1) is 13.4. The molecule has 0 aromatic heterocycles. The molecule has 0 radical (unpaired) electrons. The highest BCUT2D eigenvalue weighted by molar-refractivity contribution is 7.89. The maximum Gasteiger partial charge on any atom is 0.243 e. The maximum absolute atomic E-state index is 12.5. The quantitative estimate of drug-likeness (QED) is 0.845. The van der Waals surface area contributed by atoms with Crippen LogP contribution < -0.4 is 4.74 Å². The molecule has 0 N–H and O–H groups in total. The zero-order chi connectivity index (χ0) is 13.2. The van der Waals surface area contributed by atoms with Gasteiger partial charge in [-0.1, -0.05) is 6.42 Å². The predicted octanol–water partition coefficient (Wildman–Crippen LogP) is 2.26. The third-order valence-corrected chi connectivity index (χ3v) is 5.44. The summed E-state index contributed by atoms with van der Waals surface area (Å²) in [5.74, 6) is 0.667. The molecule has 1 aliphatic heterocycles. The molecule has 1 aliphatic rings. The highest BCUT2D eigenvalue weighted by Crippen LogP contribution is 2.26. The second-order valence-corrected chi connectivity index (χ2v) is 6.53. The minimum absolute atomic E-state index is 0.0888. The number of ether oxygens (including phenoxy) is 1. The van der Waals surface area contributed by atoms with Crippen LogP contribution in [0.3, 0.4) is 0 Å². The molecule has 4 nitrogen and oxygen atoms in total. The van der Waals surface area contributed by atoms with E-state index in [0.717, 1.165) is 19.3 Å². The Morgan fingerprint density at radius 2 is 1.89 bits per heavy atom. The number of methoxy groups -OCH3 is 1. The molecule has 0 bridgehead atoms. The number of hydrogen-bond donors (Lipinski definition) is 0. The minimum atomic E-state index is -3.36. The van der Waals surface area contributed by atoms with E-state index in [1.165, 1.54) is 0 Å². The SMILES string of the molecule is COc1ccc(S(=O)(=O)N2CCCC[C@@H]2C)cc1. The van der Waals surface area contributed by atoms with Gasteiger partial charge in [0.25, 0.3) is 0 Å². The van der Waals surface area contributed by atoms with Crippen molar-refractivity contribution in [3.05, 3.63) is 24.3 Å². The number of sulfonamides is 1. The molecule has 1 fully saturated rings. The van der Waals surface area contributed by atoms with Crippen molar-refractivity contribution < 1.29 is 13.2 Å². The van der Waals surface area contributed by atoms with Crippen LogP contribution in [-0.4, -0.2) is 32.4 Å². The Morgan fingerprint density at radius 1 is 1.22 bits per heavy atom. The molecule has 0 amide bonds. The first-order valence-electron chi connectivity index (χ1n) is 6.21. The highest BCUT2D eigenvalue weighted by atomic mass is 32.2. The van der Waals surface area contributed by atoms with Crippen LogP contribution in [0.2, 0.25) is 0 Å². The summed E-state index contributed by atoms with van der Waals surface area (Å²) in [6.07, 6.45) is 2.99. The lowest BCUT2D eigenvalue weighted by Crippen LogP contribution is -2.41.